The lowest BCUT2D eigenvalue weighted by Crippen LogP contribution is -2.15. The molecule has 0 aromatic heterocycles. The van der Waals surface area contributed by atoms with E-state index in [9.17, 15) is 9.90 Å². The maximum absolute atomic E-state index is 12.0. The summed E-state index contributed by atoms with van der Waals surface area (Å²) < 4.78 is 0. The molecule has 0 unspecified atom stereocenters. The molecule has 7 rings (SSSR count). The molecule has 2 nitrogen and oxygen atoms in total. The minimum absolute atomic E-state index is 0.0221. The van der Waals surface area contributed by atoms with Crippen LogP contribution in [0.15, 0.2) is 103 Å². The number of carbonyl (C=O) groups is 1. The molecule has 0 saturated carbocycles. The third-order valence-corrected chi connectivity index (χ3v) is 9.26. The van der Waals surface area contributed by atoms with Crippen LogP contribution in [0.2, 0.25) is 0 Å². The molecule has 2 heteroatoms. The van der Waals surface area contributed by atoms with Crippen molar-refractivity contribution in [1.82, 2.24) is 0 Å². The van der Waals surface area contributed by atoms with Crippen molar-refractivity contribution in [2.45, 2.75) is 44.9 Å². The highest BCUT2D eigenvalue weighted by Crippen LogP contribution is 2.51. The van der Waals surface area contributed by atoms with Gasteiger partial charge in [-0.15, -0.1) is 0 Å². The van der Waals surface area contributed by atoms with Gasteiger partial charge < -0.3 is 5.11 Å². The highest BCUT2D eigenvalue weighted by atomic mass is 16.4. The van der Waals surface area contributed by atoms with Gasteiger partial charge in [-0.1, -0.05) is 113 Å². The first-order chi connectivity index (χ1) is 19.2. The number of hydrogen-bond donors (Lipinski definition) is 1. The average molecular weight is 521 g/mol. The zero-order valence-corrected chi connectivity index (χ0v) is 23.4. The maximum Gasteiger partial charge on any atom is 0.307 e. The zero-order valence-electron chi connectivity index (χ0n) is 23.4. The van der Waals surface area contributed by atoms with Crippen LogP contribution in [0.5, 0.6) is 0 Å². The summed E-state index contributed by atoms with van der Waals surface area (Å²) in [6, 6.07) is 36.9. The lowest BCUT2D eigenvalue weighted by atomic mass is 9.81. The van der Waals surface area contributed by atoms with E-state index in [1.807, 2.05) is 0 Å². The van der Waals surface area contributed by atoms with Gasteiger partial charge in [-0.25, -0.2) is 0 Å². The number of benzene rings is 5. The molecule has 0 bridgehead atoms. The molecule has 1 N–H and O–H groups in total. The van der Waals surface area contributed by atoms with Gasteiger partial charge in [0.05, 0.1) is 6.42 Å². The summed E-state index contributed by atoms with van der Waals surface area (Å²) in [6.07, 6.45) is -0.0221. The van der Waals surface area contributed by atoms with E-state index in [4.69, 9.17) is 0 Å². The van der Waals surface area contributed by atoms with Crippen molar-refractivity contribution in [3.8, 4) is 44.5 Å². The van der Waals surface area contributed by atoms with Crippen LogP contribution in [0.3, 0.4) is 0 Å². The number of carboxylic acids is 1. The third-order valence-electron chi connectivity index (χ3n) is 9.26. The lowest BCUT2D eigenvalue weighted by molar-refractivity contribution is -0.136. The fourth-order valence-corrected chi connectivity index (χ4v) is 7.12. The molecule has 0 amide bonds. The molecule has 2 aliphatic carbocycles. The van der Waals surface area contributed by atoms with E-state index in [2.05, 4.69) is 131 Å². The molecule has 2 aliphatic rings. The number of carboxylic acid groups (broad SMARTS) is 1. The van der Waals surface area contributed by atoms with Crippen molar-refractivity contribution in [3.05, 3.63) is 131 Å². The van der Waals surface area contributed by atoms with Crippen LogP contribution in [-0.4, -0.2) is 11.1 Å². The first-order valence-electron chi connectivity index (χ1n) is 14.0. The van der Waals surface area contributed by atoms with Gasteiger partial charge >= 0.3 is 5.97 Å². The van der Waals surface area contributed by atoms with Gasteiger partial charge in [0.1, 0.15) is 0 Å². The molecule has 0 radical (unpaired) electrons. The lowest BCUT2D eigenvalue weighted by Gasteiger charge is -2.22. The van der Waals surface area contributed by atoms with E-state index in [1.54, 1.807) is 0 Å². The van der Waals surface area contributed by atoms with Crippen LogP contribution < -0.4 is 0 Å². The van der Waals surface area contributed by atoms with Gasteiger partial charge in [-0.3, -0.25) is 4.79 Å². The van der Waals surface area contributed by atoms with E-state index in [1.165, 1.54) is 44.5 Å². The summed E-state index contributed by atoms with van der Waals surface area (Å²) in [5.41, 5.74) is 15.3. The Hall–Kier alpha value is -4.43. The minimum atomic E-state index is -0.821. The van der Waals surface area contributed by atoms with Gasteiger partial charge in [0.15, 0.2) is 0 Å². The van der Waals surface area contributed by atoms with E-state index in [-0.39, 0.29) is 17.3 Å². The summed E-state index contributed by atoms with van der Waals surface area (Å²) >= 11 is 0. The fraction of sp³-hybridized carbons (Fsp3) is 0.184. The van der Waals surface area contributed by atoms with E-state index in [0.717, 1.165) is 27.8 Å². The first-order valence-corrected chi connectivity index (χ1v) is 14.0. The first kappa shape index (κ1) is 24.6. The van der Waals surface area contributed by atoms with E-state index in [0.29, 0.717) is 0 Å². The molecule has 5 aromatic rings. The molecule has 0 atom stereocenters. The average Bonchev–Trinajstić information content (AvgIpc) is 3.32. The second-order valence-corrected chi connectivity index (χ2v) is 12.3. The highest BCUT2D eigenvalue weighted by Gasteiger charge is 2.36. The van der Waals surface area contributed by atoms with Crippen molar-refractivity contribution in [2.24, 2.45) is 0 Å². The summed E-state index contributed by atoms with van der Waals surface area (Å²) in [5, 5.41) is 9.85. The number of aliphatic carboxylic acids is 1. The Morgan fingerprint density at radius 1 is 0.525 bits per heavy atom. The van der Waals surface area contributed by atoms with Crippen molar-refractivity contribution in [2.75, 3.05) is 0 Å². The number of rotatable bonds is 4. The maximum atomic E-state index is 12.0. The Morgan fingerprint density at radius 2 is 0.950 bits per heavy atom. The molecular formula is C38H32O2. The number of fused-ring (bicyclic) bond motifs is 6. The van der Waals surface area contributed by atoms with Crippen molar-refractivity contribution in [3.63, 3.8) is 0 Å². The van der Waals surface area contributed by atoms with Crippen LogP contribution in [-0.2, 0) is 22.0 Å². The summed E-state index contributed by atoms with van der Waals surface area (Å²) in [7, 11) is 0. The second-order valence-electron chi connectivity index (χ2n) is 12.3. The van der Waals surface area contributed by atoms with Crippen LogP contribution in [0, 0.1) is 0 Å². The van der Waals surface area contributed by atoms with E-state index >= 15 is 0 Å². The van der Waals surface area contributed by atoms with E-state index < -0.39 is 5.97 Å². The Kier molecular flexibility index (Phi) is 5.25. The molecule has 0 aliphatic heterocycles. The predicted molar refractivity (Wildman–Crippen MR) is 164 cm³/mol. The van der Waals surface area contributed by atoms with Gasteiger partial charge in [0.25, 0.3) is 0 Å². The highest BCUT2D eigenvalue weighted by molar-refractivity contribution is 5.87. The van der Waals surface area contributed by atoms with Crippen molar-refractivity contribution >= 4 is 5.97 Å². The number of hydrogen-bond acceptors (Lipinski definition) is 1. The Balaban J connectivity index is 1.32. The molecule has 0 fully saturated rings. The monoisotopic (exact) mass is 520 g/mol. The molecule has 0 heterocycles. The quantitative estimate of drug-likeness (QED) is 0.256. The minimum Gasteiger partial charge on any atom is -0.481 e. The molecule has 40 heavy (non-hydrogen) atoms. The molecule has 0 saturated heterocycles. The second kappa shape index (κ2) is 8.53. The summed E-state index contributed by atoms with van der Waals surface area (Å²) in [5.74, 6) is -0.821. The van der Waals surface area contributed by atoms with Crippen molar-refractivity contribution in [1.29, 1.82) is 0 Å². The largest absolute Gasteiger partial charge is 0.481 e. The Labute approximate surface area is 236 Å². The smallest absolute Gasteiger partial charge is 0.307 e. The van der Waals surface area contributed by atoms with Gasteiger partial charge in [0.2, 0.25) is 0 Å². The van der Waals surface area contributed by atoms with Crippen LogP contribution in [0.25, 0.3) is 44.5 Å². The SMILES string of the molecule is CC1(C)c2ccccc2-c2ccc(-c3ccc(-c4ccc5c(c4)C(C)(C)c4ccccc4-5)c(CC(=O)O)c3)cc21. The van der Waals surface area contributed by atoms with Gasteiger partial charge in [0, 0.05) is 10.8 Å². The zero-order chi connectivity index (χ0) is 27.8. The summed E-state index contributed by atoms with van der Waals surface area (Å²) in [6.45, 7) is 9.12. The molecule has 0 spiro atoms. The van der Waals surface area contributed by atoms with Gasteiger partial charge in [-0.05, 0) is 90.5 Å². The molecular weight excluding hydrogens is 488 g/mol. The van der Waals surface area contributed by atoms with Gasteiger partial charge in [-0.2, -0.15) is 0 Å². The predicted octanol–water partition coefficient (Wildman–Crippen LogP) is 9.26. The third kappa shape index (κ3) is 3.52. The molecule has 5 aromatic carbocycles. The molecule has 196 valence electrons. The van der Waals surface area contributed by atoms with Crippen LogP contribution >= 0.6 is 0 Å². The van der Waals surface area contributed by atoms with Crippen molar-refractivity contribution < 1.29 is 9.90 Å². The van der Waals surface area contributed by atoms with Crippen LogP contribution in [0.1, 0.15) is 55.5 Å². The Morgan fingerprint density at radius 3 is 1.50 bits per heavy atom. The fourth-order valence-electron chi connectivity index (χ4n) is 7.12. The standard InChI is InChI=1S/C38H32O2/c1-37(2)32-11-7-5-9-28(32)30-17-14-24(20-34(30)37)23-13-16-27(26(19-23)22-36(39)40)25-15-18-31-29-10-6-8-12-33(29)38(3,4)35(31)21-25/h5-21H,22H2,1-4H3,(H,39,40). The normalized spacial score (nSPS) is 15.2. The van der Waals surface area contributed by atoms with Crippen LogP contribution in [0.4, 0.5) is 0 Å². The summed E-state index contributed by atoms with van der Waals surface area (Å²) in [4.78, 5) is 12.0. The topological polar surface area (TPSA) is 37.3 Å². The Bertz CT molecular complexity index is 1850.